The number of thiazole rings is 1. The Labute approximate surface area is 99.0 Å². The third-order valence-corrected chi connectivity index (χ3v) is 3.63. The molecule has 0 spiro atoms. The minimum atomic E-state index is -0.242. The fourth-order valence-corrected chi connectivity index (χ4v) is 2.66. The lowest BCUT2D eigenvalue weighted by molar-refractivity contribution is -0.139. The number of rotatable bonds is 4. The van der Waals surface area contributed by atoms with Crippen molar-refractivity contribution in [3.63, 3.8) is 0 Å². The van der Waals surface area contributed by atoms with Crippen LogP contribution in [0, 0.1) is 5.92 Å². The van der Waals surface area contributed by atoms with Crippen molar-refractivity contribution >= 4 is 22.4 Å². The molecule has 16 heavy (non-hydrogen) atoms. The van der Waals surface area contributed by atoms with Gasteiger partial charge < -0.3 is 10.1 Å². The molecule has 0 atom stereocenters. The van der Waals surface area contributed by atoms with Gasteiger partial charge >= 0.3 is 5.97 Å². The zero-order chi connectivity index (χ0) is 11.5. The van der Waals surface area contributed by atoms with Crippen molar-refractivity contribution in [2.75, 3.05) is 12.4 Å². The van der Waals surface area contributed by atoms with Crippen LogP contribution in [-0.2, 0) is 16.0 Å². The van der Waals surface area contributed by atoms with Gasteiger partial charge in [0.25, 0.3) is 0 Å². The van der Waals surface area contributed by atoms with E-state index in [2.05, 4.69) is 22.0 Å². The molecule has 1 fully saturated rings. The van der Waals surface area contributed by atoms with Crippen LogP contribution in [0.15, 0.2) is 5.38 Å². The zero-order valence-electron chi connectivity index (χ0n) is 9.53. The van der Waals surface area contributed by atoms with Crippen LogP contribution in [0.5, 0.6) is 0 Å². The number of hydrogen-bond acceptors (Lipinski definition) is 5. The first kappa shape index (κ1) is 11.4. The van der Waals surface area contributed by atoms with Crippen molar-refractivity contribution in [3.8, 4) is 0 Å². The summed E-state index contributed by atoms with van der Waals surface area (Å²) in [7, 11) is 1.39. The summed E-state index contributed by atoms with van der Waals surface area (Å²) in [5.74, 6) is 0.584. The summed E-state index contributed by atoms with van der Waals surface area (Å²) >= 11 is 1.55. The number of hydrogen-bond donors (Lipinski definition) is 1. The predicted molar refractivity (Wildman–Crippen MR) is 63.6 cm³/mol. The molecule has 2 rings (SSSR count). The smallest absolute Gasteiger partial charge is 0.311 e. The highest BCUT2D eigenvalue weighted by Crippen LogP contribution is 2.30. The van der Waals surface area contributed by atoms with E-state index >= 15 is 0 Å². The van der Waals surface area contributed by atoms with Crippen molar-refractivity contribution < 1.29 is 9.53 Å². The summed E-state index contributed by atoms with van der Waals surface area (Å²) in [4.78, 5) is 15.4. The summed E-state index contributed by atoms with van der Waals surface area (Å²) in [5, 5.41) is 6.19. The van der Waals surface area contributed by atoms with Crippen molar-refractivity contribution in [2.24, 2.45) is 5.92 Å². The minimum Gasteiger partial charge on any atom is -0.469 e. The molecular weight excluding hydrogens is 224 g/mol. The van der Waals surface area contributed by atoms with E-state index < -0.39 is 0 Å². The van der Waals surface area contributed by atoms with E-state index in [-0.39, 0.29) is 12.4 Å². The highest BCUT2D eigenvalue weighted by Gasteiger charge is 2.25. The Balaban J connectivity index is 1.85. The molecule has 0 unspecified atom stereocenters. The molecule has 1 heterocycles. The van der Waals surface area contributed by atoms with E-state index in [1.54, 1.807) is 11.3 Å². The Hall–Kier alpha value is -1.10. The molecule has 4 nitrogen and oxygen atoms in total. The maximum absolute atomic E-state index is 11.0. The number of anilines is 1. The van der Waals surface area contributed by atoms with E-state index in [4.69, 9.17) is 0 Å². The van der Waals surface area contributed by atoms with Crippen molar-refractivity contribution in [2.45, 2.75) is 32.2 Å². The summed E-state index contributed by atoms with van der Waals surface area (Å²) in [6, 6.07) is 0.562. The second-order valence-corrected chi connectivity index (χ2v) is 5.17. The molecule has 0 bridgehead atoms. The second-order valence-electron chi connectivity index (χ2n) is 4.31. The van der Waals surface area contributed by atoms with Gasteiger partial charge in [0.15, 0.2) is 5.13 Å². The third kappa shape index (κ3) is 2.72. The maximum Gasteiger partial charge on any atom is 0.311 e. The van der Waals surface area contributed by atoms with Gasteiger partial charge in [0.1, 0.15) is 0 Å². The zero-order valence-corrected chi connectivity index (χ0v) is 10.3. The molecule has 1 aliphatic rings. The highest BCUT2D eigenvalue weighted by molar-refractivity contribution is 7.13. The predicted octanol–water partition coefficient (Wildman–Crippen LogP) is 2.07. The van der Waals surface area contributed by atoms with E-state index in [9.17, 15) is 4.79 Å². The van der Waals surface area contributed by atoms with Crippen LogP contribution in [-0.4, -0.2) is 24.1 Å². The Bertz CT molecular complexity index is 372. The molecule has 0 radical (unpaired) electrons. The molecule has 0 aromatic carbocycles. The molecule has 1 aliphatic carbocycles. The first-order chi connectivity index (χ1) is 7.67. The van der Waals surface area contributed by atoms with Gasteiger partial charge in [0.05, 0.1) is 19.2 Å². The lowest BCUT2D eigenvalue weighted by Gasteiger charge is -2.33. The monoisotopic (exact) mass is 240 g/mol. The van der Waals surface area contributed by atoms with Gasteiger partial charge in [-0.2, -0.15) is 0 Å². The number of aromatic nitrogens is 1. The van der Waals surface area contributed by atoms with Crippen LogP contribution in [0.4, 0.5) is 5.13 Å². The molecule has 5 heteroatoms. The van der Waals surface area contributed by atoms with Crippen molar-refractivity contribution in [3.05, 3.63) is 11.1 Å². The first-order valence-corrected chi connectivity index (χ1v) is 6.33. The number of ether oxygens (including phenoxy) is 1. The molecular formula is C11H16N2O2S. The van der Waals surface area contributed by atoms with Crippen molar-refractivity contribution in [1.29, 1.82) is 0 Å². The van der Waals surface area contributed by atoms with Crippen LogP contribution >= 0.6 is 11.3 Å². The lowest BCUT2D eigenvalue weighted by atomic mass is 9.82. The molecule has 1 aromatic heterocycles. The molecule has 88 valence electrons. The van der Waals surface area contributed by atoms with Crippen LogP contribution in [0.25, 0.3) is 0 Å². The van der Waals surface area contributed by atoms with Gasteiger partial charge in [0, 0.05) is 11.4 Å². The molecule has 1 saturated carbocycles. The summed E-state index contributed by atoms with van der Waals surface area (Å²) < 4.78 is 4.60. The van der Waals surface area contributed by atoms with Gasteiger partial charge in [-0.1, -0.05) is 6.92 Å². The quantitative estimate of drug-likeness (QED) is 0.819. The van der Waals surface area contributed by atoms with Gasteiger partial charge in [-0.3, -0.25) is 4.79 Å². The van der Waals surface area contributed by atoms with Crippen molar-refractivity contribution in [1.82, 2.24) is 4.98 Å². The normalized spacial score (nSPS) is 23.6. The van der Waals surface area contributed by atoms with E-state index in [1.165, 1.54) is 20.0 Å². The summed E-state index contributed by atoms with van der Waals surface area (Å²) in [5.41, 5.74) is 0.784. The highest BCUT2D eigenvalue weighted by atomic mass is 32.1. The topological polar surface area (TPSA) is 51.2 Å². The molecule has 0 saturated heterocycles. The SMILES string of the molecule is COC(=O)Cc1csc(NC2CC(C)C2)n1. The fraction of sp³-hybridized carbons (Fsp3) is 0.636. The molecule has 1 N–H and O–H groups in total. The van der Waals surface area contributed by atoms with Gasteiger partial charge in [-0.05, 0) is 18.8 Å². The maximum atomic E-state index is 11.0. The van der Waals surface area contributed by atoms with Gasteiger partial charge in [0.2, 0.25) is 0 Å². The number of nitrogens with zero attached hydrogens (tertiary/aromatic N) is 1. The Morgan fingerprint density at radius 1 is 1.69 bits per heavy atom. The molecule has 0 aliphatic heterocycles. The fourth-order valence-electron chi connectivity index (χ4n) is 1.87. The second kappa shape index (κ2) is 4.82. The van der Waals surface area contributed by atoms with E-state index in [0.29, 0.717) is 6.04 Å². The largest absolute Gasteiger partial charge is 0.469 e. The van der Waals surface area contributed by atoms with Gasteiger partial charge in [-0.15, -0.1) is 11.3 Å². The number of nitrogens with one attached hydrogen (secondary N) is 1. The summed E-state index contributed by atoms with van der Waals surface area (Å²) in [6.45, 7) is 2.25. The lowest BCUT2D eigenvalue weighted by Crippen LogP contribution is -2.33. The van der Waals surface area contributed by atoms with E-state index in [1.807, 2.05) is 5.38 Å². The minimum absolute atomic E-state index is 0.242. The van der Waals surface area contributed by atoms with Crippen LogP contribution in [0.2, 0.25) is 0 Å². The van der Waals surface area contributed by atoms with Crippen LogP contribution < -0.4 is 5.32 Å². The third-order valence-electron chi connectivity index (χ3n) is 2.81. The average molecular weight is 240 g/mol. The number of carbonyl (C=O) groups is 1. The van der Waals surface area contributed by atoms with E-state index in [0.717, 1.165) is 16.7 Å². The van der Waals surface area contributed by atoms with Gasteiger partial charge in [-0.25, -0.2) is 4.98 Å². The molecule has 0 amide bonds. The van der Waals surface area contributed by atoms with Crippen LogP contribution in [0.3, 0.4) is 0 Å². The first-order valence-electron chi connectivity index (χ1n) is 5.45. The Kier molecular flexibility index (Phi) is 3.43. The number of esters is 1. The Morgan fingerprint density at radius 3 is 3.06 bits per heavy atom. The molecule has 1 aromatic rings. The Morgan fingerprint density at radius 2 is 2.44 bits per heavy atom. The number of carbonyl (C=O) groups excluding carboxylic acids is 1. The summed E-state index contributed by atoms with van der Waals surface area (Å²) in [6.07, 6.45) is 2.69. The average Bonchev–Trinajstić information content (AvgIpc) is 2.63. The van der Waals surface area contributed by atoms with Crippen LogP contribution in [0.1, 0.15) is 25.5 Å². The standard InChI is InChI=1S/C11H16N2O2S/c1-7-3-8(4-7)12-11-13-9(6-16-11)5-10(14)15-2/h6-8H,3-5H2,1-2H3,(H,12,13). The number of methoxy groups -OCH3 is 1.